The van der Waals surface area contributed by atoms with Gasteiger partial charge in [0, 0.05) is 18.5 Å². The lowest BCUT2D eigenvalue weighted by atomic mass is 10.0. The first-order valence-electron chi connectivity index (χ1n) is 13.4. The third-order valence-corrected chi connectivity index (χ3v) is 7.54. The minimum absolute atomic E-state index is 0.0981. The number of sulfonamides is 1. The van der Waals surface area contributed by atoms with Crippen molar-refractivity contribution in [3.05, 3.63) is 95.6 Å². The highest BCUT2D eigenvalue weighted by molar-refractivity contribution is 7.92. The van der Waals surface area contributed by atoms with Gasteiger partial charge in [0.15, 0.2) is 0 Å². The Morgan fingerprint density at radius 1 is 0.907 bits per heavy atom. The predicted octanol–water partition coefficient (Wildman–Crippen LogP) is 5.03. The number of hydrogen-bond donors (Lipinski definition) is 1. The van der Waals surface area contributed by atoms with Crippen molar-refractivity contribution >= 4 is 27.5 Å². The summed E-state index contributed by atoms with van der Waals surface area (Å²) in [6.45, 7) is 4.43. The quantitative estimate of drug-likeness (QED) is 0.325. The van der Waals surface area contributed by atoms with Crippen LogP contribution in [0.15, 0.2) is 78.9 Å². The van der Waals surface area contributed by atoms with E-state index in [0.29, 0.717) is 21.7 Å². The molecule has 0 fully saturated rings. The number of methoxy groups -OCH3 is 1. The van der Waals surface area contributed by atoms with Crippen LogP contribution in [0.5, 0.6) is 5.75 Å². The zero-order valence-corrected chi connectivity index (χ0v) is 25.5. The van der Waals surface area contributed by atoms with E-state index < -0.39 is 51.7 Å². The number of halogens is 3. The van der Waals surface area contributed by atoms with Gasteiger partial charge in [-0.15, -0.1) is 0 Å². The fourth-order valence-electron chi connectivity index (χ4n) is 4.43. The molecule has 0 aliphatic carbocycles. The third kappa shape index (κ3) is 9.74. The molecule has 232 valence electrons. The van der Waals surface area contributed by atoms with E-state index in [0.717, 1.165) is 24.0 Å². The summed E-state index contributed by atoms with van der Waals surface area (Å²) in [6.07, 6.45) is -3.82. The first-order chi connectivity index (χ1) is 20.0. The van der Waals surface area contributed by atoms with Crippen LogP contribution in [0.1, 0.15) is 37.5 Å². The molecular formula is C31H36F3N3O5S. The van der Waals surface area contributed by atoms with E-state index >= 15 is 0 Å². The largest absolute Gasteiger partial charge is 0.497 e. The van der Waals surface area contributed by atoms with E-state index in [9.17, 15) is 31.2 Å². The van der Waals surface area contributed by atoms with E-state index in [-0.39, 0.29) is 18.7 Å². The van der Waals surface area contributed by atoms with Crippen molar-refractivity contribution in [3.8, 4) is 5.75 Å². The van der Waals surface area contributed by atoms with Crippen molar-refractivity contribution in [2.24, 2.45) is 0 Å². The van der Waals surface area contributed by atoms with Gasteiger partial charge in [0.2, 0.25) is 21.8 Å². The van der Waals surface area contributed by atoms with Gasteiger partial charge in [0.05, 0.1) is 24.6 Å². The highest BCUT2D eigenvalue weighted by Crippen LogP contribution is 2.32. The number of rotatable bonds is 11. The van der Waals surface area contributed by atoms with E-state index in [1.54, 1.807) is 69.3 Å². The molecule has 0 saturated carbocycles. The highest BCUT2D eigenvalue weighted by atomic mass is 32.2. The fourth-order valence-corrected chi connectivity index (χ4v) is 5.27. The molecule has 0 radical (unpaired) electrons. The van der Waals surface area contributed by atoms with Crippen LogP contribution in [0.3, 0.4) is 0 Å². The molecule has 3 aromatic rings. The van der Waals surface area contributed by atoms with Gasteiger partial charge in [0.25, 0.3) is 0 Å². The molecule has 1 atom stereocenters. The molecule has 12 heteroatoms. The smallest absolute Gasteiger partial charge is 0.416 e. The zero-order chi connectivity index (χ0) is 32.0. The van der Waals surface area contributed by atoms with Crippen LogP contribution < -0.4 is 14.4 Å². The lowest BCUT2D eigenvalue weighted by Crippen LogP contribution is -2.56. The normalized spacial score (nSPS) is 12.7. The van der Waals surface area contributed by atoms with Crippen LogP contribution in [0.2, 0.25) is 0 Å². The standard InChI is InChI=1S/C31H36F3N3O5S/c1-30(2,3)35-29(39)27(18-22-11-7-6-8-12-22)36(20-23-13-9-16-26(17-23)42-4)28(38)21-37(43(5,40)41)25-15-10-14-24(19-25)31(32,33)34/h6-17,19,27H,18,20-21H2,1-5H3,(H,35,39)/t27-/m1/s1. The van der Waals surface area contributed by atoms with Gasteiger partial charge in [-0.25, -0.2) is 8.42 Å². The van der Waals surface area contributed by atoms with Gasteiger partial charge in [-0.2, -0.15) is 13.2 Å². The van der Waals surface area contributed by atoms with Crippen LogP contribution in [0.25, 0.3) is 0 Å². The first kappa shape index (κ1) is 33.4. The van der Waals surface area contributed by atoms with Crippen LogP contribution in [-0.4, -0.2) is 56.6 Å². The van der Waals surface area contributed by atoms with Gasteiger partial charge in [-0.05, 0) is 62.2 Å². The minimum atomic E-state index is -4.73. The van der Waals surface area contributed by atoms with Gasteiger partial charge < -0.3 is 15.0 Å². The molecule has 0 spiro atoms. The van der Waals surface area contributed by atoms with Gasteiger partial charge in [-0.1, -0.05) is 48.5 Å². The van der Waals surface area contributed by atoms with Crippen molar-refractivity contribution in [2.45, 2.75) is 51.5 Å². The van der Waals surface area contributed by atoms with Crippen molar-refractivity contribution in [2.75, 3.05) is 24.2 Å². The Hall–Kier alpha value is -4.06. The average molecular weight is 620 g/mol. The van der Waals surface area contributed by atoms with Crippen LogP contribution in [-0.2, 0) is 38.8 Å². The summed E-state index contributed by atoms with van der Waals surface area (Å²) in [5, 5.41) is 2.91. The molecule has 0 unspecified atom stereocenters. The second-order valence-electron chi connectivity index (χ2n) is 11.1. The Balaban J connectivity index is 2.11. The molecule has 0 bridgehead atoms. The van der Waals surface area contributed by atoms with Crippen molar-refractivity contribution in [3.63, 3.8) is 0 Å². The van der Waals surface area contributed by atoms with Gasteiger partial charge >= 0.3 is 6.18 Å². The van der Waals surface area contributed by atoms with Crippen LogP contribution in [0, 0.1) is 0 Å². The van der Waals surface area contributed by atoms with Crippen LogP contribution >= 0.6 is 0 Å². The number of benzene rings is 3. The number of nitrogens with one attached hydrogen (secondary N) is 1. The Morgan fingerprint density at radius 2 is 1.53 bits per heavy atom. The molecule has 2 amide bonds. The number of carbonyl (C=O) groups is 2. The molecule has 3 aromatic carbocycles. The summed E-state index contributed by atoms with van der Waals surface area (Å²) in [7, 11) is -2.75. The molecule has 0 aliphatic heterocycles. The molecule has 43 heavy (non-hydrogen) atoms. The maximum absolute atomic E-state index is 14.1. The summed E-state index contributed by atoms with van der Waals surface area (Å²) in [6, 6.07) is 18.5. The predicted molar refractivity (Wildman–Crippen MR) is 159 cm³/mol. The lowest BCUT2D eigenvalue weighted by Gasteiger charge is -2.35. The Labute approximate surface area is 250 Å². The lowest BCUT2D eigenvalue weighted by molar-refractivity contribution is -0.140. The molecule has 0 aliphatic rings. The minimum Gasteiger partial charge on any atom is -0.497 e. The maximum atomic E-state index is 14.1. The number of hydrogen-bond acceptors (Lipinski definition) is 5. The second kappa shape index (κ2) is 13.5. The van der Waals surface area contributed by atoms with E-state index in [1.165, 1.54) is 18.1 Å². The molecule has 3 rings (SSSR count). The van der Waals surface area contributed by atoms with Crippen molar-refractivity contribution in [1.82, 2.24) is 10.2 Å². The number of anilines is 1. The maximum Gasteiger partial charge on any atom is 0.416 e. The molecule has 0 aromatic heterocycles. The van der Waals surface area contributed by atoms with Crippen molar-refractivity contribution < 1.29 is 35.9 Å². The van der Waals surface area contributed by atoms with Gasteiger partial charge in [0.1, 0.15) is 18.3 Å². The summed E-state index contributed by atoms with van der Waals surface area (Å²) in [5.74, 6) is -0.751. The number of ether oxygens (including phenoxy) is 1. The molecule has 8 nitrogen and oxygen atoms in total. The number of alkyl halides is 3. The monoisotopic (exact) mass is 619 g/mol. The summed E-state index contributed by atoms with van der Waals surface area (Å²) >= 11 is 0. The van der Waals surface area contributed by atoms with Crippen molar-refractivity contribution in [1.29, 1.82) is 0 Å². The molecule has 0 heterocycles. The first-order valence-corrected chi connectivity index (χ1v) is 15.3. The highest BCUT2D eigenvalue weighted by Gasteiger charge is 2.35. The summed E-state index contributed by atoms with van der Waals surface area (Å²) in [5.41, 5.74) is -0.707. The SMILES string of the molecule is COc1cccc(CN(C(=O)CN(c2cccc(C(F)(F)F)c2)S(C)(=O)=O)[C@H](Cc2ccccc2)C(=O)NC(C)(C)C)c1. The molecular weight excluding hydrogens is 583 g/mol. The van der Waals surface area contributed by atoms with E-state index in [4.69, 9.17) is 4.74 Å². The molecule has 1 N–H and O–H groups in total. The fraction of sp³-hybridized carbons (Fsp3) is 0.355. The van der Waals surface area contributed by atoms with Crippen LogP contribution in [0.4, 0.5) is 18.9 Å². The van der Waals surface area contributed by atoms with E-state index in [2.05, 4.69) is 5.32 Å². The van der Waals surface area contributed by atoms with E-state index in [1.807, 2.05) is 6.07 Å². The number of nitrogens with zero attached hydrogens (tertiary/aromatic N) is 2. The topological polar surface area (TPSA) is 96.0 Å². The Morgan fingerprint density at radius 3 is 2.12 bits per heavy atom. The molecule has 0 saturated heterocycles. The second-order valence-corrected chi connectivity index (χ2v) is 13.0. The Kier molecular flexibility index (Phi) is 10.5. The Bertz CT molecular complexity index is 1520. The third-order valence-electron chi connectivity index (χ3n) is 6.40. The summed E-state index contributed by atoms with van der Waals surface area (Å²) in [4.78, 5) is 29.1. The zero-order valence-electron chi connectivity index (χ0n) is 24.7. The number of amides is 2. The average Bonchev–Trinajstić information content (AvgIpc) is 2.92. The summed E-state index contributed by atoms with van der Waals surface area (Å²) < 4.78 is 72.0. The number of carbonyl (C=O) groups excluding carboxylic acids is 2. The van der Waals surface area contributed by atoms with Gasteiger partial charge in [-0.3, -0.25) is 13.9 Å².